The average Bonchev–Trinajstić information content (AvgIpc) is 2.18. The summed E-state index contributed by atoms with van der Waals surface area (Å²) in [5.41, 5.74) is 1.46. The number of carboxylic acid groups (broad SMARTS) is 1. The molecule has 0 heterocycles. The van der Waals surface area contributed by atoms with Gasteiger partial charge in [-0.3, -0.25) is 9.59 Å². The molecule has 0 aliphatic heterocycles. The van der Waals surface area contributed by atoms with Crippen LogP contribution in [0.5, 0.6) is 0 Å². The molecule has 0 atom stereocenters. The van der Waals surface area contributed by atoms with E-state index in [9.17, 15) is 9.59 Å². The molecule has 0 spiro atoms. The predicted molar refractivity (Wildman–Crippen MR) is 60.1 cm³/mol. The maximum atomic E-state index is 11.6. The van der Waals surface area contributed by atoms with Crippen molar-refractivity contribution in [2.45, 2.75) is 19.8 Å². The Hall–Kier alpha value is -1.16. The van der Waals surface area contributed by atoms with Gasteiger partial charge in [0.05, 0.1) is 6.42 Å². The first-order chi connectivity index (χ1) is 7.00. The fraction of sp³-hybridized carbons (Fsp3) is 0.273. The molecule has 4 heteroatoms. The highest BCUT2D eigenvalue weighted by Crippen LogP contribution is 2.17. The van der Waals surface area contributed by atoms with Gasteiger partial charge in [0.25, 0.3) is 0 Å². The SMILES string of the molecule is Cc1ccc(Br)cc1C(=O)CCC(=O)O. The highest BCUT2D eigenvalue weighted by Gasteiger charge is 2.11. The molecule has 0 bridgehead atoms. The van der Waals surface area contributed by atoms with Crippen LogP contribution in [0.15, 0.2) is 22.7 Å². The highest BCUT2D eigenvalue weighted by molar-refractivity contribution is 9.10. The van der Waals surface area contributed by atoms with E-state index >= 15 is 0 Å². The molecule has 0 aliphatic carbocycles. The Bertz CT molecular complexity index is 399. The minimum absolute atomic E-state index is 0.0482. The third-order valence-corrected chi connectivity index (χ3v) is 2.56. The average molecular weight is 271 g/mol. The number of Topliss-reactive ketones (excluding diaryl/α,β-unsaturated/α-hetero) is 1. The molecule has 15 heavy (non-hydrogen) atoms. The molecule has 1 aromatic carbocycles. The van der Waals surface area contributed by atoms with Gasteiger partial charge < -0.3 is 5.11 Å². The summed E-state index contributed by atoms with van der Waals surface area (Å²) in [7, 11) is 0. The molecule has 0 unspecified atom stereocenters. The molecule has 0 aliphatic rings. The first-order valence-electron chi connectivity index (χ1n) is 4.52. The summed E-state index contributed by atoms with van der Waals surface area (Å²) in [5, 5.41) is 8.47. The van der Waals surface area contributed by atoms with Crippen LogP contribution in [0.1, 0.15) is 28.8 Å². The van der Waals surface area contributed by atoms with Crippen LogP contribution in [-0.2, 0) is 4.79 Å². The van der Waals surface area contributed by atoms with Crippen LogP contribution in [-0.4, -0.2) is 16.9 Å². The van der Waals surface area contributed by atoms with Gasteiger partial charge in [-0.05, 0) is 24.6 Å². The van der Waals surface area contributed by atoms with Gasteiger partial charge >= 0.3 is 5.97 Å². The van der Waals surface area contributed by atoms with Gasteiger partial charge in [0.2, 0.25) is 0 Å². The first-order valence-corrected chi connectivity index (χ1v) is 5.31. The summed E-state index contributed by atoms with van der Waals surface area (Å²) >= 11 is 3.28. The maximum Gasteiger partial charge on any atom is 0.303 e. The number of halogens is 1. The van der Waals surface area contributed by atoms with Crippen molar-refractivity contribution in [3.63, 3.8) is 0 Å². The lowest BCUT2D eigenvalue weighted by molar-refractivity contribution is -0.136. The predicted octanol–water partition coefficient (Wildman–Crippen LogP) is 2.81. The second kappa shape index (κ2) is 5.07. The monoisotopic (exact) mass is 270 g/mol. The van der Waals surface area contributed by atoms with Gasteiger partial charge in [-0.25, -0.2) is 0 Å². The van der Waals surface area contributed by atoms with Crippen LogP contribution < -0.4 is 0 Å². The normalized spacial score (nSPS) is 10.0. The standard InChI is InChI=1S/C11H11BrO3/c1-7-2-3-8(12)6-9(7)10(13)4-5-11(14)15/h2-3,6H,4-5H2,1H3,(H,14,15). The number of hydrogen-bond acceptors (Lipinski definition) is 2. The van der Waals surface area contributed by atoms with Crippen LogP contribution in [0.3, 0.4) is 0 Å². The molecular formula is C11H11BrO3. The number of aliphatic carboxylic acids is 1. The van der Waals surface area contributed by atoms with Gasteiger partial charge in [0.15, 0.2) is 5.78 Å². The smallest absolute Gasteiger partial charge is 0.303 e. The Morgan fingerprint density at radius 1 is 1.33 bits per heavy atom. The Labute approximate surface area is 96.2 Å². The lowest BCUT2D eigenvalue weighted by atomic mass is 10.0. The van der Waals surface area contributed by atoms with Gasteiger partial charge in [-0.1, -0.05) is 22.0 Å². The molecular weight excluding hydrogens is 260 g/mol. The van der Waals surface area contributed by atoms with Gasteiger partial charge in [-0.2, -0.15) is 0 Å². The van der Waals surface area contributed by atoms with E-state index in [1.165, 1.54) is 0 Å². The van der Waals surface area contributed by atoms with E-state index in [-0.39, 0.29) is 18.6 Å². The van der Waals surface area contributed by atoms with Gasteiger partial charge in [-0.15, -0.1) is 0 Å². The minimum atomic E-state index is -0.948. The number of ketones is 1. The lowest BCUT2D eigenvalue weighted by Crippen LogP contribution is -2.05. The van der Waals surface area contributed by atoms with Crippen LogP contribution in [0, 0.1) is 6.92 Å². The highest BCUT2D eigenvalue weighted by atomic mass is 79.9. The number of carbonyl (C=O) groups excluding carboxylic acids is 1. The summed E-state index contributed by atoms with van der Waals surface area (Å²) in [4.78, 5) is 22.0. The molecule has 0 aromatic heterocycles. The van der Waals surface area contributed by atoms with Crippen molar-refractivity contribution in [1.82, 2.24) is 0 Å². The largest absolute Gasteiger partial charge is 0.481 e. The van der Waals surface area contributed by atoms with Crippen LogP contribution in [0.25, 0.3) is 0 Å². The summed E-state index contributed by atoms with van der Waals surface area (Å²) < 4.78 is 0.826. The second-order valence-electron chi connectivity index (χ2n) is 3.28. The number of carbonyl (C=O) groups is 2. The van der Waals surface area contributed by atoms with Gasteiger partial charge in [0.1, 0.15) is 0 Å². The van der Waals surface area contributed by atoms with E-state index < -0.39 is 5.97 Å². The quantitative estimate of drug-likeness (QED) is 0.856. The van der Waals surface area contributed by atoms with E-state index in [1.807, 2.05) is 19.1 Å². The van der Waals surface area contributed by atoms with Crippen molar-refractivity contribution in [2.75, 3.05) is 0 Å². The molecule has 0 saturated heterocycles. The van der Waals surface area contributed by atoms with Crippen molar-refractivity contribution < 1.29 is 14.7 Å². The zero-order valence-corrected chi connectivity index (χ0v) is 9.87. The van der Waals surface area contributed by atoms with E-state index in [2.05, 4.69) is 15.9 Å². The zero-order valence-electron chi connectivity index (χ0n) is 8.29. The fourth-order valence-electron chi connectivity index (χ4n) is 1.25. The molecule has 0 fully saturated rings. The minimum Gasteiger partial charge on any atom is -0.481 e. The number of hydrogen-bond donors (Lipinski definition) is 1. The molecule has 0 radical (unpaired) electrons. The van der Waals surface area contributed by atoms with E-state index in [0.717, 1.165) is 10.0 Å². The Morgan fingerprint density at radius 2 is 2.00 bits per heavy atom. The lowest BCUT2D eigenvalue weighted by Gasteiger charge is -2.04. The fourth-order valence-corrected chi connectivity index (χ4v) is 1.61. The summed E-state index contributed by atoms with van der Waals surface area (Å²) in [6, 6.07) is 5.40. The number of carboxylic acids is 1. The van der Waals surface area contributed by atoms with Crippen molar-refractivity contribution >= 4 is 27.7 Å². The zero-order chi connectivity index (χ0) is 11.4. The molecule has 80 valence electrons. The number of rotatable bonds is 4. The summed E-state index contributed by atoms with van der Waals surface area (Å²) in [6.07, 6.45) is -0.0720. The Kier molecular flexibility index (Phi) is 4.03. The van der Waals surface area contributed by atoms with Crippen molar-refractivity contribution in [3.8, 4) is 0 Å². The molecule has 1 rings (SSSR count). The summed E-state index contributed by atoms with van der Waals surface area (Å²) in [6.45, 7) is 1.83. The number of benzene rings is 1. The van der Waals surface area contributed by atoms with Crippen LogP contribution in [0.4, 0.5) is 0 Å². The second-order valence-corrected chi connectivity index (χ2v) is 4.19. The Morgan fingerprint density at radius 3 is 2.60 bits per heavy atom. The van der Waals surface area contributed by atoms with Gasteiger partial charge in [0, 0.05) is 16.5 Å². The number of aryl methyl sites for hydroxylation is 1. The molecule has 0 saturated carbocycles. The van der Waals surface area contributed by atoms with E-state index in [0.29, 0.717) is 5.56 Å². The topological polar surface area (TPSA) is 54.4 Å². The molecule has 1 N–H and O–H groups in total. The third-order valence-electron chi connectivity index (χ3n) is 2.07. The van der Waals surface area contributed by atoms with Crippen molar-refractivity contribution in [3.05, 3.63) is 33.8 Å². The molecule has 1 aromatic rings. The third kappa shape index (κ3) is 3.47. The maximum absolute atomic E-state index is 11.6. The van der Waals surface area contributed by atoms with Crippen molar-refractivity contribution in [1.29, 1.82) is 0 Å². The van der Waals surface area contributed by atoms with Crippen LogP contribution in [0.2, 0.25) is 0 Å². The van der Waals surface area contributed by atoms with Crippen molar-refractivity contribution in [2.24, 2.45) is 0 Å². The van der Waals surface area contributed by atoms with Crippen LogP contribution >= 0.6 is 15.9 Å². The Balaban J connectivity index is 2.81. The molecule has 0 amide bonds. The first kappa shape index (κ1) is 11.9. The summed E-state index contributed by atoms with van der Waals surface area (Å²) in [5.74, 6) is -1.08. The van der Waals surface area contributed by atoms with E-state index in [4.69, 9.17) is 5.11 Å². The van der Waals surface area contributed by atoms with E-state index in [1.54, 1.807) is 6.07 Å². The molecule has 3 nitrogen and oxygen atoms in total.